The number of piperidine rings is 1. The fourth-order valence-electron chi connectivity index (χ4n) is 3.12. The molecule has 0 aromatic heterocycles. The molecule has 0 aliphatic carbocycles. The van der Waals surface area contributed by atoms with Gasteiger partial charge in [0.25, 0.3) is 0 Å². The van der Waals surface area contributed by atoms with E-state index in [0.717, 1.165) is 24.9 Å². The molecule has 0 amide bonds. The summed E-state index contributed by atoms with van der Waals surface area (Å²) in [6.07, 6.45) is 2.72. The van der Waals surface area contributed by atoms with Crippen molar-refractivity contribution >= 4 is 0 Å². The zero-order valence-electron chi connectivity index (χ0n) is 13.3. The van der Waals surface area contributed by atoms with Crippen LogP contribution in [0.4, 0.5) is 0 Å². The Kier molecular flexibility index (Phi) is 5.62. The van der Waals surface area contributed by atoms with E-state index in [1.165, 1.54) is 37.1 Å². The lowest BCUT2D eigenvalue weighted by Gasteiger charge is -2.33. The van der Waals surface area contributed by atoms with Crippen molar-refractivity contribution in [2.75, 3.05) is 19.6 Å². The summed E-state index contributed by atoms with van der Waals surface area (Å²) in [5.41, 5.74) is 8.51. The number of rotatable bonds is 5. The van der Waals surface area contributed by atoms with Crippen molar-refractivity contribution in [3.8, 4) is 0 Å². The molecule has 112 valence electrons. The van der Waals surface area contributed by atoms with E-state index in [4.69, 9.17) is 5.73 Å². The van der Waals surface area contributed by atoms with Crippen LogP contribution in [0.2, 0.25) is 0 Å². The largest absolute Gasteiger partial charge is 0.330 e. The Morgan fingerprint density at radius 3 is 2.20 bits per heavy atom. The summed E-state index contributed by atoms with van der Waals surface area (Å²) in [5, 5.41) is 0. The lowest BCUT2D eigenvalue weighted by atomic mass is 9.86. The van der Waals surface area contributed by atoms with Crippen molar-refractivity contribution in [3.63, 3.8) is 0 Å². The predicted molar refractivity (Wildman–Crippen MR) is 86.8 cm³/mol. The molecule has 2 N–H and O–H groups in total. The Morgan fingerprint density at radius 2 is 1.70 bits per heavy atom. The van der Waals surface area contributed by atoms with Gasteiger partial charge in [0.2, 0.25) is 0 Å². The second-order valence-electron chi connectivity index (χ2n) is 6.74. The van der Waals surface area contributed by atoms with Crippen LogP contribution in [0.5, 0.6) is 0 Å². The van der Waals surface area contributed by atoms with E-state index < -0.39 is 0 Å². The second kappa shape index (κ2) is 7.24. The van der Waals surface area contributed by atoms with Crippen LogP contribution < -0.4 is 5.73 Å². The number of nitrogens with zero attached hydrogens (tertiary/aromatic N) is 1. The van der Waals surface area contributed by atoms with E-state index >= 15 is 0 Å². The molecule has 1 atom stereocenters. The highest BCUT2D eigenvalue weighted by Crippen LogP contribution is 2.25. The van der Waals surface area contributed by atoms with Crippen LogP contribution in [0.15, 0.2) is 24.3 Å². The monoisotopic (exact) mass is 274 g/mol. The summed E-state index contributed by atoms with van der Waals surface area (Å²) < 4.78 is 0. The van der Waals surface area contributed by atoms with Gasteiger partial charge in [0.15, 0.2) is 0 Å². The minimum atomic E-state index is 0.464. The number of hydrogen-bond acceptors (Lipinski definition) is 2. The number of likely N-dealkylation sites (tertiary alicyclic amines) is 1. The van der Waals surface area contributed by atoms with Crippen LogP contribution in [0.3, 0.4) is 0 Å². The zero-order valence-corrected chi connectivity index (χ0v) is 13.3. The molecule has 1 unspecified atom stereocenters. The van der Waals surface area contributed by atoms with E-state index in [1.54, 1.807) is 0 Å². The maximum atomic E-state index is 5.72. The smallest absolute Gasteiger partial charge is 0.0233 e. The molecule has 1 saturated heterocycles. The van der Waals surface area contributed by atoms with Gasteiger partial charge in [-0.05, 0) is 61.4 Å². The molecule has 1 aromatic rings. The molecule has 1 aromatic carbocycles. The van der Waals surface area contributed by atoms with Crippen LogP contribution in [0, 0.1) is 11.8 Å². The van der Waals surface area contributed by atoms with Gasteiger partial charge in [0.05, 0.1) is 0 Å². The summed E-state index contributed by atoms with van der Waals surface area (Å²) in [7, 11) is 0. The van der Waals surface area contributed by atoms with Gasteiger partial charge in [0.1, 0.15) is 0 Å². The summed E-state index contributed by atoms with van der Waals surface area (Å²) >= 11 is 0. The lowest BCUT2D eigenvalue weighted by molar-refractivity contribution is 0.152. The third kappa shape index (κ3) is 4.07. The molecule has 0 bridgehead atoms. The first-order chi connectivity index (χ1) is 9.60. The molecule has 20 heavy (non-hydrogen) atoms. The molecule has 2 nitrogen and oxygen atoms in total. The van der Waals surface area contributed by atoms with E-state index in [2.05, 4.69) is 49.9 Å². The average molecular weight is 274 g/mol. The number of hydrogen-bond donors (Lipinski definition) is 1. The first-order valence-corrected chi connectivity index (χ1v) is 8.11. The maximum absolute atomic E-state index is 5.72. The summed E-state index contributed by atoms with van der Waals surface area (Å²) in [6.45, 7) is 11.2. The summed E-state index contributed by atoms with van der Waals surface area (Å²) in [6, 6.07) is 9.04. The third-order valence-electron chi connectivity index (χ3n) is 4.88. The minimum absolute atomic E-state index is 0.464. The quantitative estimate of drug-likeness (QED) is 0.888. The van der Waals surface area contributed by atoms with Gasteiger partial charge in [-0.2, -0.15) is 0 Å². The lowest BCUT2D eigenvalue weighted by Crippen LogP contribution is -2.34. The van der Waals surface area contributed by atoms with Crippen molar-refractivity contribution in [3.05, 3.63) is 35.4 Å². The van der Waals surface area contributed by atoms with E-state index in [0.29, 0.717) is 5.92 Å². The van der Waals surface area contributed by atoms with Gasteiger partial charge in [-0.1, -0.05) is 45.0 Å². The fourth-order valence-corrected chi connectivity index (χ4v) is 3.12. The molecule has 2 rings (SSSR count). The normalized spacial score (nSPS) is 19.4. The molecule has 1 heterocycles. The van der Waals surface area contributed by atoms with Crippen molar-refractivity contribution < 1.29 is 0 Å². The van der Waals surface area contributed by atoms with Gasteiger partial charge in [-0.25, -0.2) is 0 Å². The van der Waals surface area contributed by atoms with Crippen LogP contribution in [0.25, 0.3) is 0 Å². The van der Waals surface area contributed by atoms with Crippen molar-refractivity contribution in [1.29, 1.82) is 0 Å². The first-order valence-electron chi connectivity index (χ1n) is 8.11. The topological polar surface area (TPSA) is 29.3 Å². The van der Waals surface area contributed by atoms with Crippen LogP contribution in [-0.4, -0.2) is 24.5 Å². The van der Waals surface area contributed by atoms with Gasteiger partial charge in [-0.15, -0.1) is 0 Å². The maximum Gasteiger partial charge on any atom is 0.0233 e. The van der Waals surface area contributed by atoms with Gasteiger partial charge < -0.3 is 5.73 Å². The number of benzene rings is 1. The molecule has 0 spiro atoms. The third-order valence-corrected chi connectivity index (χ3v) is 4.88. The summed E-state index contributed by atoms with van der Waals surface area (Å²) in [4.78, 5) is 2.60. The molecular formula is C18H30N2. The van der Waals surface area contributed by atoms with E-state index in [-0.39, 0.29) is 0 Å². The standard InChI is InChI=1S/C18H30N2/c1-14(2)17-8-10-20(11-9-17)13-16-4-6-18(7-5-16)15(3)12-19/h4-7,14-15,17H,8-13,19H2,1-3H3. The molecule has 1 aliphatic rings. The number of nitrogens with two attached hydrogens (primary N) is 1. The highest BCUT2D eigenvalue weighted by atomic mass is 15.1. The second-order valence-corrected chi connectivity index (χ2v) is 6.74. The fraction of sp³-hybridized carbons (Fsp3) is 0.667. The highest BCUT2D eigenvalue weighted by Gasteiger charge is 2.21. The Labute approximate surface area is 124 Å². The van der Waals surface area contributed by atoms with Crippen molar-refractivity contribution in [1.82, 2.24) is 4.90 Å². The van der Waals surface area contributed by atoms with Gasteiger partial charge >= 0.3 is 0 Å². The Hall–Kier alpha value is -0.860. The van der Waals surface area contributed by atoms with Crippen LogP contribution in [-0.2, 0) is 6.54 Å². The van der Waals surface area contributed by atoms with Crippen LogP contribution in [0.1, 0.15) is 50.7 Å². The predicted octanol–water partition coefficient (Wildman–Crippen LogP) is 3.62. The van der Waals surface area contributed by atoms with Gasteiger partial charge in [-0.3, -0.25) is 4.90 Å². The van der Waals surface area contributed by atoms with Crippen molar-refractivity contribution in [2.45, 2.75) is 46.1 Å². The summed E-state index contributed by atoms with van der Waals surface area (Å²) in [5.74, 6) is 2.24. The molecule has 1 fully saturated rings. The SMILES string of the molecule is CC(CN)c1ccc(CN2CCC(C(C)C)CC2)cc1. The molecule has 2 heteroatoms. The van der Waals surface area contributed by atoms with E-state index in [1.807, 2.05) is 0 Å². The van der Waals surface area contributed by atoms with E-state index in [9.17, 15) is 0 Å². The Morgan fingerprint density at radius 1 is 1.10 bits per heavy atom. The van der Waals surface area contributed by atoms with Crippen molar-refractivity contribution in [2.24, 2.45) is 17.6 Å². The zero-order chi connectivity index (χ0) is 14.5. The van der Waals surface area contributed by atoms with Gasteiger partial charge in [0, 0.05) is 6.54 Å². The first kappa shape index (κ1) is 15.5. The molecule has 1 aliphatic heterocycles. The highest BCUT2D eigenvalue weighted by molar-refractivity contribution is 5.25. The molecule has 0 saturated carbocycles. The molecule has 0 radical (unpaired) electrons. The minimum Gasteiger partial charge on any atom is -0.330 e. The molecular weight excluding hydrogens is 244 g/mol. The average Bonchev–Trinajstić information content (AvgIpc) is 2.48. The Balaban J connectivity index is 1.85. The van der Waals surface area contributed by atoms with Crippen LogP contribution >= 0.6 is 0 Å². The Bertz CT molecular complexity index is 388.